The van der Waals surface area contributed by atoms with Crippen molar-refractivity contribution >= 4 is 22.3 Å². The number of aliphatic imine (C=N–C) groups is 1. The smallest absolute Gasteiger partial charge is 0.201 e. The number of hydrogen-bond donors (Lipinski definition) is 2. The molecule has 6 rings (SSSR count). The lowest BCUT2D eigenvalue weighted by atomic mass is 9.97. The Labute approximate surface area is 189 Å². The van der Waals surface area contributed by atoms with E-state index in [1.165, 1.54) is 25.7 Å². The van der Waals surface area contributed by atoms with Crippen LogP contribution in [-0.4, -0.2) is 78.4 Å². The first kappa shape index (κ1) is 20.5. The molecule has 172 valence electrons. The van der Waals surface area contributed by atoms with E-state index in [0.29, 0.717) is 43.8 Å². The van der Waals surface area contributed by atoms with Gasteiger partial charge in [0, 0.05) is 48.5 Å². The number of benzene rings is 1. The molecule has 7 heteroatoms. The van der Waals surface area contributed by atoms with Crippen LogP contribution in [0.5, 0.6) is 5.88 Å². The second kappa shape index (κ2) is 8.36. The third-order valence-electron chi connectivity index (χ3n) is 8.07. The zero-order valence-electron chi connectivity index (χ0n) is 18.9. The topological polar surface area (TPSA) is 71.2 Å². The van der Waals surface area contributed by atoms with Gasteiger partial charge in [0.05, 0.1) is 36.6 Å². The van der Waals surface area contributed by atoms with E-state index in [1.54, 1.807) is 0 Å². The Morgan fingerprint density at radius 1 is 1.00 bits per heavy atom. The fraction of sp³-hybridized carbons (Fsp3) is 0.640. The summed E-state index contributed by atoms with van der Waals surface area (Å²) in [6.07, 6.45) is 6.88. The molecule has 32 heavy (non-hydrogen) atoms. The second-order valence-corrected chi connectivity index (χ2v) is 9.89. The number of anilines is 1. The fourth-order valence-corrected chi connectivity index (χ4v) is 6.36. The average Bonchev–Trinajstić information content (AvgIpc) is 3.20. The van der Waals surface area contributed by atoms with Gasteiger partial charge in [0.15, 0.2) is 0 Å². The summed E-state index contributed by atoms with van der Waals surface area (Å²) < 4.78 is 13.4. The summed E-state index contributed by atoms with van der Waals surface area (Å²) in [7, 11) is 2.28. The molecule has 2 unspecified atom stereocenters. The zero-order valence-corrected chi connectivity index (χ0v) is 18.9. The number of rotatable bonds is 4. The molecular weight excluding hydrogens is 404 g/mol. The Kier molecular flexibility index (Phi) is 5.36. The van der Waals surface area contributed by atoms with Gasteiger partial charge in [0.2, 0.25) is 5.88 Å². The van der Waals surface area contributed by atoms with Gasteiger partial charge in [-0.05, 0) is 63.8 Å². The van der Waals surface area contributed by atoms with Gasteiger partial charge in [0.1, 0.15) is 0 Å². The Hall–Kier alpha value is -2.09. The summed E-state index contributed by atoms with van der Waals surface area (Å²) >= 11 is 0. The summed E-state index contributed by atoms with van der Waals surface area (Å²) in [6.45, 7) is 3.22. The molecule has 1 aromatic heterocycles. The predicted octanol–water partition coefficient (Wildman–Crippen LogP) is 3.55. The summed E-state index contributed by atoms with van der Waals surface area (Å²) in [5.74, 6) is 0.325. The van der Waals surface area contributed by atoms with Crippen molar-refractivity contribution in [1.82, 2.24) is 9.47 Å². The van der Waals surface area contributed by atoms with Gasteiger partial charge in [-0.2, -0.15) is 0 Å². The molecule has 0 saturated carbocycles. The maximum Gasteiger partial charge on any atom is 0.201 e. The molecule has 4 aliphatic heterocycles. The zero-order chi connectivity index (χ0) is 21.7. The molecule has 0 aliphatic carbocycles. The first-order valence-electron chi connectivity index (χ1n) is 12.2. The van der Waals surface area contributed by atoms with Gasteiger partial charge in [-0.1, -0.05) is 0 Å². The molecule has 3 saturated heterocycles. The molecule has 3 fully saturated rings. The molecule has 0 radical (unpaired) electrons. The molecule has 1 aromatic carbocycles. The minimum absolute atomic E-state index is 0.244. The number of nitrogens with zero attached hydrogens (tertiary/aromatic N) is 3. The van der Waals surface area contributed by atoms with Crippen LogP contribution >= 0.6 is 0 Å². The molecular formula is C25H34N4O3. The van der Waals surface area contributed by atoms with Crippen LogP contribution in [0.1, 0.15) is 50.1 Å². The Bertz CT molecular complexity index is 1010. The molecule has 5 heterocycles. The lowest BCUT2D eigenvalue weighted by molar-refractivity contribution is 0.0688. The summed E-state index contributed by atoms with van der Waals surface area (Å²) in [5.41, 5.74) is 3.91. The minimum Gasteiger partial charge on any atom is -0.494 e. The first-order valence-corrected chi connectivity index (χ1v) is 12.2. The summed E-state index contributed by atoms with van der Waals surface area (Å²) in [6, 6.07) is 8.73. The number of hydrogen-bond acceptors (Lipinski definition) is 6. The van der Waals surface area contributed by atoms with E-state index >= 15 is 0 Å². The number of piperidine rings is 1. The predicted molar refractivity (Wildman–Crippen MR) is 126 cm³/mol. The molecule has 4 aliphatic rings. The largest absolute Gasteiger partial charge is 0.494 e. The lowest BCUT2D eigenvalue weighted by Crippen LogP contribution is -2.44. The number of aromatic hydroxyl groups is 1. The highest BCUT2D eigenvalue weighted by Gasteiger charge is 2.38. The monoisotopic (exact) mass is 438 g/mol. The highest BCUT2D eigenvalue weighted by Crippen LogP contribution is 2.40. The molecule has 0 spiro atoms. The maximum atomic E-state index is 11.4. The standard InChI is InChI=1S/C25H34N4O3/c1-28-19-3-4-20(28)13-17(12-19)27-16-2-5-23-21(14-16)24(22-15-32-11-8-26-22)25(30)29(23)18-6-9-31-10-7-18/h2,5,14,17-20,27,30H,3-4,6-13,15H2,1H3/t17?,19-,20?/m1/s1. The van der Waals surface area contributed by atoms with Crippen LogP contribution < -0.4 is 5.32 Å². The van der Waals surface area contributed by atoms with E-state index in [-0.39, 0.29) is 6.04 Å². The highest BCUT2D eigenvalue weighted by molar-refractivity contribution is 6.14. The number of aromatic nitrogens is 1. The van der Waals surface area contributed by atoms with E-state index in [0.717, 1.165) is 53.9 Å². The van der Waals surface area contributed by atoms with Gasteiger partial charge >= 0.3 is 0 Å². The Morgan fingerprint density at radius 2 is 1.78 bits per heavy atom. The van der Waals surface area contributed by atoms with Crippen LogP contribution in [0.2, 0.25) is 0 Å². The molecule has 7 nitrogen and oxygen atoms in total. The first-order chi connectivity index (χ1) is 15.7. The van der Waals surface area contributed by atoms with Crippen molar-refractivity contribution in [1.29, 1.82) is 0 Å². The Morgan fingerprint density at radius 3 is 2.50 bits per heavy atom. The van der Waals surface area contributed by atoms with Crippen LogP contribution in [0.25, 0.3) is 10.9 Å². The van der Waals surface area contributed by atoms with Gasteiger partial charge < -0.3 is 29.4 Å². The third kappa shape index (κ3) is 3.51. The maximum absolute atomic E-state index is 11.4. The van der Waals surface area contributed by atoms with E-state index < -0.39 is 0 Å². The van der Waals surface area contributed by atoms with Gasteiger partial charge in [-0.25, -0.2) is 0 Å². The van der Waals surface area contributed by atoms with Gasteiger partial charge in [0.25, 0.3) is 0 Å². The second-order valence-electron chi connectivity index (χ2n) is 9.89. The highest BCUT2D eigenvalue weighted by atomic mass is 16.5. The summed E-state index contributed by atoms with van der Waals surface area (Å²) in [4.78, 5) is 7.29. The van der Waals surface area contributed by atoms with E-state index in [2.05, 4.69) is 40.0 Å². The number of fused-ring (bicyclic) bond motifs is 3. The number of nitrogens with one attached hydrogen (secondary N) is 1. The minimum atomic E-state index is 0.244. The van der Waals surface area contributed by atoms with E-state index in [4.69, 9.17) is 14.5 Å². The quantitative estimate of drug-likeness (QED) is 0.764. The van der Waals surface area contributed by atoms with Crippen molar-refractivity contribution in [3.05, 3.63) is 23.8 Å². The third-order valence-corrected chi connectivity index (χ3v) is 8.07. The van der Waals surface area contributed by atoms with Crippen LogP contribution in [-0.2, 0) is 9.47 Å². The molecule has 2 N–H and O–H groups in total. The van der Waals surface area contributed by atoms with Crippen LogP contribution in [0.15, 0.2) is 23.2 Å². The average molecular weight is 439 g/mol. The van der Waals surface area contributed by atoms with E-state index in [9.17, 15) is 5.11 Å². The van der Waals surface area contributed by atoms with Crippen molar-refractivity contribution in [2.75, 3.05) is 45.3 Å². The lowest BCUT2D eigenvalue weighted by Gasteiger charge is -2.37. The SMILES string of the molecule is CN1C2CC[C@@H]1CC(Nc1ccc3c(c1)c(C1=NCCOC1)c(O)n3C1CCOCC1)C2. The fourth-order valence-electron chi connectivity index (χ4n) is 6.36. The Balaban J connectivity index is 1.37. The van der Waals surface area contributed by atoms with Crippen molar-refractivity contribution < 1.29 is 14.6 Å². The number of ether oxygens (including phenoxy) is 2. The van der Waals surface area contributed by atoms with Crippen LogP contribution in [0, 0.1) is 0 Å². The van der Waals surface area contributed by atoms with Crippen molar-refractivity contribution in [2.24, 2.45) is 4.99 Å². The molecule has 2 aromatic rings. The normalized spacial score (nSPS) is 29.4. The van der Waals surface area contributed by atoms with Crippen LogP contribution in [0.3, 0.4) is 0 Å². The molecule has 0 amide bonds. The van der Waals surface area contributed by atoms with Gasteiger partial charge in [-0.3, -0.25) is 4.99 Å². The van der Waals surface area contributed by atoms with Crippen molar-refractivity contribution in [2.45, 2.75) is 62.7 Å². The summed E-state index contributed by atoms with van der Waals surface area (Å²) in [5, 5.41) is 16.3. The van der Waals surface area contributed by atoms with Crippen LogP contribution in [0.4, 0.5) is 5.69 Å². The van der Waals surface area contributed by atoms with Crippen molar-refractivity contribution in [3.8, 4) is 5.88 Å². The molecule has 3 atom stereocenters. The van der Waals surface area contributed by atoms with Gasteiger partial charge in [-0.15, -0.1) is 0 Å². The van der Waals surface area contributed by atoms with E-state index in [1.807, 2.05) is 0 Å². The van der Waals surface area contributed by atoms with Crippen molar-refractivity contribution in [3.63, 3.8) is 0 Å². The molecule has 2 bridgehead atoms.